The summed E-state index contributed by atoms with van der Waals surface area (Å²) in [6.45, 7) is 1.75. The highest BCUT2D eigenvalue weighted by molar-refractivity contribution is 7.98. The molecule has 3 N–H and O–H groups in total. The summed E-state index contributed by atoms with van der Waals surface area (Å²) in [5, 5.41) is 18.2. The lowest BCUT2D eigenvalue weighted by molar-refractivity contribution is -0.159. The number of aliphatic carboxylic acids is 2. The van der Waals surface area contributed by atoms with Crippen molar-refractivity contribution < 1.29 is 19.8 Å². The second kappa shape index (κ2) is 10.4. The molecule has 0 amide bonds. The molecular weight excluding hydrogens is 316 g/mol. The molecule has 0 saturated heterocycles. The summed E-state index contributed by atoms with van der Waals surface area (Å²) in [6, 6.07) is 12.7. The quantitative estimate of drug-likeness (QED) is 0.569. The highest BCUT2D eigenvalue weighted by Crippen LogP contribution is 2.14. The minimum Gasteiger partial charge on any atom is -0.473 e. The van der Waals surface area contributed by atoms with Crippen LogP contribution < -0.4 is 5.32 Å². The van der Waals surface area contributed by atoms with Gasteiger partial charge in [0.25, 0.3) is 0 Å². The number of aromatic nitrogens is 1. The molecule has 0 fully saturated rings. The fraction of sp³-hybridized carbons (Fsp3) is 0.188. The number of carboxylic acids is 2. The number of nitrogens with one attached hydrogen (secondary N) is 1. The van der Waals surface area contributed by atoms with Crippen molar-refractivity contribution in [1.29, 1.82) is 0 Å². The monoisotopic (exact) mass is 334 g/mol. The summed E-state index contributed by atoms with van der Waals surface area (Å²) in [4.78, 5) is 23.6. The molecule has 0 saturated carbocycles. The Bertz CT molecular complexity index is 606. The fourth-order valence-corrected chi connectivity index (χ4v) is 2.01. The van der Waals surface area contributed by atoms with E-state index in [0.717, 1.165) is 13.1 Å². The molecule has 0 aliphatic rings. The normalized spacial score (nSPS) is 9.61. The van der Waals surface area contributed by atoms with Gasteiger partial charge in [0, 0.05) is 30.4 Å². The Kier molecular flexibility index (Phi) is 8.41. The summed E-state index contributed by atoms with van der Waals surface area (Å²) in [5.41, 5.74) is 2.53. The number of hydrogen-bond donors (Lipinski definition) is 3. The molecule has 0 aliphatic heterocycles. The summed E-state index contributed by atoms with van der Waals surface area (Å²) < 4.78 is 0. The predicted molar refractivity (Wildman–Crippen MR) is 88.3 cm³/mol. The van der Waals surface area contributed by atoms with Crippen LogP contribution in [-0.4, -0.2) is 33.4 Å². The summed E-state index contributed by atoms with van der Waals surface area (Å²) in [5.74, 6) is -3.65. The van der Waals surface area contributed by atoms with Gasteiger partial charge < -0.3 is 15.5 Å². The van der Waals surface area contributed by atoms with Gasteiger partial charge in [0.15, 0.2) is 0 Å². The Hall–Kier alpha value is -2.38. The number of rotatable bonds is 5. The standard InChI is InChI=1S/C14H16N2S.C2H2O4/c1-17-14-6-4-12(5-7-14)9-16-11-13-3-2-8-15-10-13;3-1(4)2(5)6/h2-8,10,16H,9,11H2,1H3;(H,3,4)(H,5,6). The third-order valence-corrected chi connectivity index (χ3v) is 3.47. The molecule has 2 rings (SSSR count). The summed E-state index contributed by atoms with van der Waals surface area (Å²) in [6.07, 6.45) is 5.78. The predicted octanol–water partition coefficient (Wildman–Crippen LogP) is 2.25. The Balaban J connectivity index is 0.000000379. The van der Waals surface area contributed by atoms with Crippen molar-refractivity contribution >= 4 is 23.7 Å². The molecule has 122 valence electrons. The summed E-state index contributed by atoms with van der Waals surface area (Å²) >= 11 is 1.77. The molecule has 0 unspecified atom stereocenters. The zero-order valence-corrected chi connectivity index (χ0v) is 13.4. The number of nitrogens with zero attached hydrogens (tertiary/aromatic N) is 1. The van der Waals surface area contributed by atoms with Crippen molar-refractivity contribution in [3.63, 3.8) is 0 Å². The number of hydrogen-bond acceptors (Lipinski definition) is 5. The first kappa shape index (κ1) is 18.7. The highest BCUT2D eigenvalue weighted by Gasteiger charge is 2.04. The first-order valence-electron chi connectivity index (χ1n) is 6.71. The van der Waals surface area contributed by atoms with Gasteiger partial charge in [0.1, 0.15) is 0 Å². The molecule has 1 aromatic carbocycles. The highest BCUT2D eigenvalue weighted by atomic mass is 32.2. The first-order chi connectivity index (χ1) is 11.0. The number of benzene rings is 1. The van der Waals surface area contributed by atoms with Crippen LogP contribution in [0.4, 0.5) is 0 Å². The SMILES string of the molecule is CSc1ccc(CNCc2cccnc2)cc1.O=C(O)C(=O)O. The Labute approximate surface area is 138 Å². The van der Waals surface area contributed by atoms with E-state index in [0.29, 0.717) is 0 Å². The fourth-order valence-electron chi connectivity index (χ4n) is 1.60. The zero-order valence-electron chi connectivity index (χ0n) is 12.6. The molecule has 2 aromatic rings. The second-order valence-electron chi connectivity index (χ2n) is 4.42. The lowest BCUT2D eigenvalue weighted by Crippen LogP contribution is -2.12. The molecule has 0 bridgehead atoms. The third-order valence-electron chi connectivity index (χ3n) is 2.72. The van der Waals surface area contributed by atoms with Gasteiger partial charge in [-0.2, -0.15) is 0 Å². The van der Waals surface area contributed by atoms with Gasteiger partial charge in [-0.05, 0) is 35.6 Å². The lowest BCUT2D eigenvalue weighted by atomic mass is 10.2. The Morgan fingerprint density at radius 3 is 2.13 bits per heavy atom. The molecule has 0 aliphatic carbocycles. The van der Waals surface area contributed by atoms with Gasteiger partial charge in [0.2, 0.25) is 0 Å². The van der Waals surface area contributed by atoms with Crippen molar-refractivity contribution in [2.75, 3.05) is 6.26 Å². The van der Waals surface area contributed by atoms with Crippen LogP contribution in [0.5, 0.6) is 0 Å². The number of carbonyl (C=O) groups is 2. The number of carboxylic acid groups (broad SMARTS) is 2. The van der Waals surface area contributed by atoms with E-state index in [9.17, 15) is 0 Å². The molecule has 6 nitrogen and oxygen atoms in total. The van der Waals surface area contributed by atoms with Crippen LogP contribution in [0.1, 0.15) is 11.1 Å². The van der Waals surface area contributed by atoms with E-state index in [1.165, 1.54) is 16.0 Å². The Morgan fingerprint density at radius 2 is 1.65 bits per heavy atom. The maximum Gasteiger partial charge on any atom is 0.414 e. The van der Waals surface area contributed by atoms with Crippen LogP contribution in [0.3, 0.4) is 0 Å². The van der Waals surface area contributed by atoms with Crippen molar-refractivity contribution in [3.05, 3.63) is 59.9 Å². The molecular formula is C16H18N2O4S. The molecule has 23 heavy (non-hydrogen) atoms. The van der Waals surface area contributed by atoms with Crippen molar-refractivity contribution in [2.24, 2.45) is 0 Å². The van der Waals surface area contributed by atoms with Gasteiger partial charge in [-0.1, -0.05) is 18.2 Å². The van der Waals surface area contributed by atoms with Crippen molar-refractivity contribution in [1.82, 2.24) is 10.3 Å². The first-order valence-corrected chi connectivity index (χ1v) is 7.94. The minimum absolute atomic E-state index is 0.859. The van der Waals surface area contributed by atoms with Crippen LogP contribution in [-0.2, 0) is 22.7 Å². The number of pyridine rings is 1. The van der Waals surface area contributed by atoms with Gasteiger partial charge in [-0.25, -0.2) is 9.59 Å². The topological polar surface area (TPSA) is 99.5 Å². The molecule has 0 atom stereocenters. The van der Waals surface area contributed by atoms with Crippen LogP contribution >= 0.6 is 11.8 Å². The molecule has 7 heteroatoms. The van der Waals surface area contributed by atoms with E-state index in [1.54, 1.807) is 18.0 Å². The third kappa shape index (κ3) is 7.98. The molecule has 1 heterocycles. The zero-order chi connectivity index (χ0) is 17.1. The van der Waals surface area contributed by atoms with Crippen LogP contribution in [0.25, 0.3) is 0 Å². The maximum absolute atomic E-state index is 9.10. The van der Waals surface area contributed by atoms with Crippen LogP contribution in [0.15, 0.2) is 53.7 Å². The largest absolute Gasteiger partial charge is 0.473 e. The van der Waals surface area contributed by atoms with E-state index in [4.69, 9.17) is 19.8 Å². The van der Waals surface area contributed by atoms with Gasteiger partial charge in [-0.15, -0.1) is 11.8 Å². The number of thioether (sulfide) groups is 1. The lowest BCUT2D eigenvalue weighted by Gasteiger charge is -2.05. The van der Waals surface area contributed by atoms with E-state index in [1.807, 2.05) is 12.3 Å². The van der Waals surface area contributed by atoms with E-state index >= 15 is 0 Å². The Morgan fingerprint density at radius 1 is 1.04 bits per heavy atom. The minimum atomic E-state index is -1.82. The maximum atomic E-state index is 9.10. The molecule has 0 spiro atoms. The van der Waals surface area contributed by atoms with Crippen molar-refractivity contribution in [3.8, 4) is 0 Å². The molecule has 1 aromatic heterocycles. The van der Waals surface area contributed by atoms with E-state index in [2.05, 4.69) is 46.9 Å². The van der Waals surface area contributed by atoms with Gasteiger partial charge in [0.05, 0.1) is 0 Å². The van der Waals surface area contributed by atoms with E-state index < -0.39 is 11.9 Å². The van der Waals surface area contributed by atoms with Crippen LogP contribution in [0, 0.1) is 0 Å². The molecule has 0 radical (unpaired) electrons. The average Bonchev–Trinajstić information content (AvgIpc) is 2.57. The van der Waals surface area contributed by atoms with E-state index in [-0.39, 0.29) is 0 Å². The smallest absolute Gasteiger partial charge is 0.414 e. The average molecular weight is 334 g/mol. The van der Waals surface area contributed by atoms with Gasteiger partial charge >= 0.3 is 11.9 Å². The second-order valence-corrected chi connectivity index (χ2v) is 5.30. The van der Waals surface area contributed by atoms with Crippen molar-refractivity contribution in [2.45, 2.75) is 18.0 Å². The van der Waals surface area contributed by atoms with Crippen LogP contribution in [0.2, 0.25) is 0 Å². The van der Waals surface area contributed by atoms with Gasteiger partial charge in [-0.3, -0.25) is 4.98 Å². The summed E-state index contributed by atoms with van der Waals surface area (Å²) in [7, 11) is 0.